The highest BCUT2D eigenvalue weighted by atomic mass is 16.6. The van der Waals surface area contributed by atoms with Crippen molar-refractivity contribution >= 4 is 6.09 Å². The van der Waals surface area contributed by atoms with Gasteiger partial charge in [-0.15, -0.1) is 0 Å². The van der Waals surface area contributed by atoms with Crippen LogP contribution >= 0.6 is 0 Å². The van der Waals surface area contributed by atoms with E-state index in [2.05, 4.69) is 0 Å². The molecule has 3 nitrogen and oxygen atoms in total. The van der Waals surface area contributed by atoms with Crippen LogP contribution in [0.1, 0.15) is 53.5 Å². The van der Waals surface area contributed by atoms with Gasteiger partial charge in [0, 0.05) is 12.1 Å². The van der Waals surface area contributed by atoms with E-state index in [1.165, 1.54) is 0 Å². The summed E-state index contributed by atoms with van der Waals surface area (Å²) < 4.78 is 6.00. The fourth-order valence-corrected chi connectivity index (χ4v) is 2.80. The third kappa shape index (κ3) is 4.12. The number of amides is 1. The third-order valence-electron chi connectivity index (χ3n) is 3.82. The maximum Gasteiger partial charge on any atom is 0.411 e. The lowest BCUT2D eigenvalue weighted by molar-refractivity contribution is 0.00333. The number of hydrogen-bond acceptors (Lipinski definition) is 2. The van der Waals surface area contributed by atoms with Crippen LogP contribution in [-0.4, -0.2) is 23.1 Å². The number of rotatable bonds is 6. The zero-order valence-corrected chi connectivity index (χ0v) is 14.7. The number of allylic oxidation sites excluding steroid dienone is 1. The van der Waals surface area contributed by atoms with E-state index >= 15 is 0 Å². The fourth-order valence-electron chi connectivity index (χ4n) is 2.80. The van der Waals surface area contributed by atoms with Crippen molar-refractivity contribution < 1.29 is 9.53 Å². The van der Waals surface area contributed by atoms with Crippen molar-refractivity contribution in [3.8, 4) is 0 Å². The zero-order chi connectivity index (χ0) is 16.8. The summed E-state index contributed by atoms with van der Waals surface area (Å²) in [6, 6.07) is 10.1. The van der Waals surface area contributed by atoms with E-state index in [-0.39, 0.29) is 18.2 Å². The largest absolute Gasteiger partial charge is 0.434 e. The number of carbonyl (C=O) groups excluding carboxylic acids is 1. The molecule has 0 spiro atoms. The molecule has 0 bridgehead atoms. The maximum absolute atomic E-state index is 12.7. The van der Waals surface area contributed by atoms with Crippen molar-refractivity contribution in [2.75, 3.05) is 0 Å². The van der Waals surface area contributed by atoms with Gasteiger partial charge >= 0.3 is 6.09 Å². The van der Waals surface area contributed by atoms with E-state index in [1.807, 2.05) is 84.0 Å². The molecule has 0 aliphatic carbocycles. The molecule has 1 aromatic carbocycles. The lowest BCUT2D eigenvalue weighted by atomic mass is 9.90. The fraction of sp³-hybridized carbons (Fsp3) is 0.526. The Morgan fingerprint density at radius 1 is 1.18 bits per heavy atom. The second kappa shape index (κ2) is 8.02. The molecule has 1 amide bonds. The van der Waals surface area contributed by atoms with E-state index in [9.17, 15) is 4.79 Å². The lowest BCUT2D eigenvalue weighted by Crippen LogP contribution is -2.45. The van der Waals surface area contributed by atoms with Crippen LogP contribution in [0.3, 0.4) is 0 Å². The Hall–Kier alpha value is -1.77. The molecule has 0 saturated heterocycles. The van der Waals surface area contributed by atoms with Crippen LogP contribution in [-0.2, 0) is 10.3 Å². The molecule has 1 aromatic rings. The van der Waals surface area contributed by atoms with Gasteiger partial charge in [0.2, 0.25) is 0 Å². The second-order valence-electron chi connectivity index (χ2n) is 6.07. The highest BCUT2D eigenvalue weighted by Gasteiger charge is 2.34. The van der Waals surface area contributed by atoms with Crippen molar-refractivity contribution in [1.29, 1.82) is 0 Å². The summed E-state index contributed by atoms with van der Waals surface area (Å²) in [5, 5.41) is 0. The summed E-state index contributed by atoms with van der Waals surface area (Å²) in [5.74, 6) is 0. The molecular formula is C19H29NO2. The van der Waals surface area contributed by atoms with Gasteiger partial charge < -0.3 is 9.64 Å². The summed E-state index contributed by atoms with van der Waals surface area (Å²) in [6.45, 7) is 12.0. The molecule has 1 atom stereocenters. The van der Waals surface area contributed by atoms with E-state index in [1.54, 1.807) is 4.90 Å². The van der Waals surface area contributed by atoms with Gasteiger partial charge in [0.05, 0.1) is 0 Å². The molecule has 0 radical (unpaired) electrons. The Labute approximate surface area is 135 Å². The number of carbonyl (C=O) groups is 1. The van der Waals surface area contributed by atoms with Gasteiger partial charge in [-0.1, -0.05) is 43.3 Å². The predicted octanol–water partition coefficient (Wildman–Crippen LogP) is 5.12. The standard InChI is InChI=1S/C19H29NO2/c1-7-14-19(8-2,17-12-10-9-11-13-17)22-18(21)20(15(3)4)16(5)6/h7,9-16H,8H2,1-6H3/b14-7+/t19-/m1/s1. The smallest absolute Gasteiger partial charge is 0.411 e. The molecule has 0 N–H and O–H groups in total. The number of benzene rings is 1. The Balaban J connectivity index is 3.17. The molecule has 22 heavy (non-hydrogen) atoms. The average Bonchev–Trinajstić information content (AvgIpc) is 2.46. The van der Waals surface area contributed by atoms with Crippen molar-refractivity contribution in [3.05, 3.63) is 48.0 Å². The topological polar surface area (TPSA) is 29.5 Å². The zero-order valence-electron chi connectivity index (χ0n) is 14.7. The SMILES string of the molecule is C/C=C/[C@@](CC)(OC(=O)N(C(C)C)C(C)C)c1ccccc1. The number of nitrogens with zero attached hydrogens (tertiary/aromatic N) is 1. The van der Waals surface area contributed by atoms with Crippen LogP contribution in [0.4, 0.5) is 4.79 Å². The molecule has 0 aliphatic heterocycles. The van der Waals surface area contributed by atoms with Crippen LogP contribution in [0.15, 0.2) is 42.5 Å². The minimum Gasteiger partial charge on any atom is -0.434 e. The Morgan fingerprint density at radius 3 is 2.14 bits per heavy atom. The van der Waals surface area contributed by atoms with Crippen molar-refractivity contribution in [1.82, 2.24) is 4.90 Å². The van der Waals surface area contributed by atoms with Crippen LogP contribution in [0, 0.1) is 0 Å². The quantitative estimate of drug-likeness (QED) is 0.682. The highest BCUT2D eigenvalue weighted by molar-refractivity contribution is 5.69. The van der Waals surface area contributed by atoms with E-state index in [0.717, 1.165) is 5.56 Å². The molecule has 1 rings (SSSR count). The first-order valence-corrected chi connectivity index (χ1v) is 8.08. The summed E-state index contributed by atoms with van der Waals surface area (Å²) in [6.07, 6.45) is 4.34. The Kier molecular flexibility index (Phi) is 6.66. The molecule has 0 saturated carbocycles. The first-order valence-electron chi connectivity index (χ1n) is 8.08. The molecular weight excluding hydrogens is 274 g/mol. The van der Waals surface area contributed by atoms with Crippen molar-refractivity contribution in [3.63, 3.8) is 0 Å². The number of ether oxygens (including phenoxy) is 1. The second-order valence-corrected chi connectivity index (χ2v) is 6.07. The van der Waals surface area contributed by atoms with Gasteiger partial charge in [0.15, 0.2) is 5.60 Å². The first kappa shape index (κ1) is 18.3. The first-order chi connectivity index (χ1) is 10.4. The molecule has 122 valence electrons. The molecule has 0 heterocycles. The lowest BCUT2D eigenvalue weighted by Gasteiger charge is -2.36. The molecule has 3 heteroatoms. The van der Waals surface area contributed by atoms with Crippen molar-refractivity contribution in [2.45, 2.75) is 65.6 Å². The minimum absolute atomic E-state index is 0.100. The monoisotopic (exact) mass is 303 g/mol. The molecule has 0 aliphatic rings. The van der Waals surface area contributed by atoms with Gasteiger partial charge in [-0.3, -0.25) is 0 Å². The summed E-state index contributed by atoms with van der Waals surface area (Å²) in [4.78, 5) is 14.5. The van der Waals surface area contributed by atoms with E-state index in [0.29, 0.717) is 6.42 Å². The minimum atomic E-state index is -0.713. The van der Waals surface area contributed by atoms with Crippen LogP contribution in [0.25, 0.3) is 0 Å². The third-order valence-corrected chi connectivity index (χ3v) is 3.82. The average molecular weight is 303 g/mol. The Morgan fingerprint density at radius 2 is 1.73 bits per heavy atom. The Bertz CT molecular complexity index is 485. The summed E-state index contributed by atoms with van der Waals surface area (Å²) >= 11 is 0. The summed E-state index contributed by atoms with van der Waals surface area (Å²) in [7, 11) is 0. The van der Waals surface area contributed by atoms with Gasteiger partial charge in [0.25, 0.3) is 0 Å². The van der Waals surface area contributed by atoms with Gasteiger partial charge in [-0.25, -0.2) is 4.79 Å². The molecule has 0 aromatic heterocycles. The van der Waals surface area contributed by atoms with E-state index < -0.39 is 5.60 Å². The highest BCUT2D eigenvalue weighted by Crippen LogP contribution is 2.32. The molecule has 0 fully saturated rings. The van der Waals surface area contributed by atoms with Gasteiger partial charge in [0.1, 0.15) is 0 Å². The van der Waals surface area contributed by atoms with Gasteiger partial charge in [-0.05, 0) is 52.7 Å². The van der Waals surface area contributed by atoms with Gasteiger partial charge in [-0.2, -0.15) is 0 Å². The van der Waals surface area contributed by atoms with Crippen LogP contribution in [0.2, 0.25) is 0 Å². The molecule has 0 unspecified atom stereocenters. The van der Waals surface area contributed by atoms with Crippen molar-refractivity contribution in [2.24, 2.45) is 0 Å². The normalized spacial score (nSPS) is 14.4. The summed E-state index contributed by atoms with van der Waals surface area (Å²) in [5.41, 5.74) is 0.284. The predicted molar refractivity (Wildman–Crippen MR) is 91.8 cm³/mol. The maximum atomic E-state index is 12.7. The number of hydrogen-bond donors (Lipinski definition) is 0. The van der Waals surface area contributed by atoms with Crippen LogP contribution in [0.5, 0.6) is 0 Å². The van der Waals surface area contributed by atoms with Crippen LogP contribution < -0.4 is 0 Å². The van der Waals surface area contributed by atoms with E-state index in [4.69, 9.17) is 4.74 Å².